The number of rotatable bonds is 9. The lowest BCUT2D eigenvalue weighted by atomic mass is 10.2. The smallest absolute Gasteiger partial charge is 0.0897 e. The molecule has 3 N–H and O–H groups in total. The molecule has 4 heteroatoms. The zero-order valence-electron chi connectivity index (χ0n) is 10.1. The van der Waals surface area contributed by atoms with Crippen molar-refractivity contribution in [3.8, 4) is 0 Å². The van der Waals surface area contributed by atoms with Gasteiger partial charge in [-0.1, -0.05) is 20.8 Å². The van der Waals surface area contributed by atoms with Gasteiger partial charge >= 0.3 is 0 Å². The van der Waals surface area contributed by atoms with Gasteiger partial charge in [-0.25, -0.2) is 0 Å². The van der Waals surface area contributed by atoms with E-state index < -0.39 is 6.10 Å². The molecule has 0 spiro atoms. The minimum Gasteiger partial charge on any atom is -0.395 e. The third-order valence-corrected chi connectivity index (χ3v) is 2.12. The summed E-state index contributed by atoms with van der Waals surface area (Å²) in [7, 11) is 0. The summed E-state index contributed by atoms with van der Waals surface area (Å²) in [4.78, 5) is 0. The summed E-state index contributed by atoms with van der Waals surface area (Å²) in [6.07, 6.45) is 0.361. The molecule has 0 amide bonds. The Labute approximate surface area is 92.6 Å². The van der Waals surface area contributed by atoms with Crippen LogP contribution >= 0.6 is 0 Å². The van der Waals surface area contributed by atoms with Crippen molar-refractivity contribution in [3.63, 3.8) is 0 Å². The third-order valence-electron chi connectivity index (χ3n) is 2.12. The number of hydrogen-bond donors (Lipinski definition) is 3. The van der Waals surface area contributed by atoms with E-state index in [0.717, 1.165) is 6.42 Å². The monoisotopic (exact) mass is 219 g/mol. The number of aliphatic hydroxyl groups is 2. The molecular weight excluding hydrogens is 194 g/mol. The average Bonchev–Trinajstić information content (AvgIpc) is 2.18. The Kier molecular flexibility index (Phi) is 9.00. The first-order valence-electron chi connectivity index (χ1n) is 5.70. The molecule has 0 bridgehead atoms. The Morgan fingerprint density at radius 1 is 1.27 bits per heavy atom. The van der Waals surface area contributed by atoms with Crippen LogP contribution in [-0.4, -0.2) is 48.7 Å². The van der Waals surface area contributed by atoms with Gasteiger partial charge in [0.05, 0.1) is 19.3 Å². The number of hydrogen-bond acceptors (Lipinski definition) is 4. The van der Waals surface area contributed by atoms with Crippen LogP contribution in [0.3, 0.4) is 0 Å². The van der Waals surface area contributed by atoms with Gasteiger partial charge in [0, 0.05) is 19.2 Å². The van der Waals surface area contributed by atoms with Gasteiger partial charge in [0.2, 0.25) is 0 Å². The van der Waals surface area contributed by atoms with Crippen molar-refractivity contribution in [1.82, 2.24) is 5.32 Å². The van der Waals surface area contributed by atoms with Gasteiger partial charge in [0.15, 0.2) is 0 Å². The maximum Gasteiger partial charge on any atom is 0.0897 e. The third kappa shape index (κ3) is 8.81. The molecule has 0 aliphatic heterocycles. The topological polar surface area (TPSA) is 61.7 Å². The fourth-order valence-electron chi connectivity index (χ4n) is 1.14. The minimum absolute atomic E-state index is 0.0738. The molecule has 92 valence electrons. The highest BCUT2D eigenvalue weighted by molar-refractivity contribution is 4.66. The average molecular weight is 219 g/mol. The molecule has 0 rings (SSSR count). The zero-order valence-corrected chi connectivity index (χ0v) is 10.1. The van der Waals surface area contributed by atoms with Crippen molar-refractivity contribution >= 4 is 0 Å². The molecule has 0 fully saturated rings. The summed E-state index contributed by atoms with van der Waals surface area (Å²) < 4.78 is 5.30. The van der Waals surface area contributed by atoms with Crippen LogP contribution in [-0.2, 0) is 4.74 Å². The predicted octanol–water partition coefficient (Wildman–Crippen LogP) is 0.380. The molecule has 0 saturated heterocycles. The van der Waals surface area contributed by atoms with Crippen molar-refractivity contribution in [2.24, 2.45) is 5.92 Å². The number of ether oxygens (including phenoxy) is 1. The maximum absolute atomic E-state index is 9.53. The molecule has 2 atom stereocenters. The second-order valence-corrected chi connectivity index (χ2v) is 4.28. The first-order valence-corrected chi connectivity index (χ1v) is 5.70. The molecule has 15 heavy (non-hydrogen) atoms. The fraction of sp³-hybridized carbons (Fsp3) is 1.00. The molecule has 0 saturated carbocycles. The van der Waals surface area contributed by atoms with Crippen LogP contribution in [0.4, 0.5) is 0 Å². The molecule has 0 aromatic heterocycles. The van der Waals surface area contributed by atoms with Crippen molar-refractivity contribution in [1.29, 1.82) is 0 Å². The molecule has 0 aromatic rings. The van der Waals surface area contributed by atoms with E-state index in [2.05, 4.69) is 19.2 Å². The van der Waals surface area contributed by atoms with E-state index >= 15 is 0 Å². The van der Waals surface area contributed by atoms with Crippen molar-refractivity contribution in [3.05, 3.63) is 0 Å². The Balaban J connectivity index is 3.43. The van der Waals surface area contributed by atoms with Crippen LogP contribution in [0.15, 0.2) is 0 Å². The maximum atomic E-state index is 9.53. The number of aliphatic hydroxyl groups excluding tert-OH is 2. The summed E-state index contributed by atoms with van der Waals surface area (Å²) in [6.45, 7) is 7.75. The van der Waals surface area contributed by atoms with Crippen molar-refractivity contribution < 1.29 is 14.9 Å². The van der Waals surface area contributed by atoms with E-state index in [4.69, 9.17) is 9.84 Å². The molecule has 2 unspecified atom stereocenters. The van der Waals surface area contributed by atoms with Crippen LogP contribution in [0.5, 0.6) is 0 Å². The second-order valence-electron chi connectivity index (χ2n) is 4.28. The SMILES string of the molecule is CCC(CO)NCC(O)COCC(C)C. The molecule has 0 heterocycles. The van der Waals surface area contributed by atoms with E-state index in [1.54, 1.807) is 0 Å². The van der Waals surface area contributed by atoms with Crippen LogP contribution in [0.1, 0.15) is 27.2 Å². The van der Waals surface area contributed by atoms with Crippen LogP contribution in [0.2, 0.25) is 0 Å². The normalized spacial score (nSPS) is 15.6. The highest BCUT2D eigenvalue weighted by Crippen LogP contribution is 1.95. The van der Waals surface area contributed by atoms with Crippen molar-refractivity contribution in [2.45, 2.75) is 39.3 Å². The van der Waals surface area contributed by atoms with E-state index in [1.807, 2.05) is 6.92 Å². The Morgan fingerprint density at radius 2 is 1.93 bits per heavy atom. The highest BCUT2D eigenvalue weighted by atomic mass is 16.5. The van der Waals surface area contributed by atoms with Crippen molar-refractivity contribution in [2.75, 3.05) is 26.4 Å². The zero-order chi connectivity index (χ0) is 11.7. The first kappa shape index (κ1) is 14.8. The summed E-state index contributed by atoms with van der Waals surface area (Å²) in [5, 5.41) is 21.5. The highest BCUT2D eigenvalue weighted by Gasteiger charge is 2.08. The lowest BCUT2D eigenvalue weighted by Gasteiger charge is -2.17. The Bertz CT molecular complexity index is 138. The molecule has 0 aliphatic carbocycles. The summed E-state index contributed by atoms with van der Waals surface area (Å²) in [5.41, 5.74) is 0. The molecule has 0 radical (unpaired) electrons. The van der Waals surface area contributed by atoms with Gasteiger partial charge in [0.25, 0.3) is 0 Å². The number of nitrogens with one attached hydrogen (secondary N) is 1. The van der Waals surface area contributed by atoms with Gasteiger partial charge in [-0.2, -0.15) is 0 Å². The van der Waals surface area contributed by atoms with Gasteiger partial charge < -0.3 is 20.3 Å². The van der Waals surface area contributed by atoms with Crippen LogP contribution in [0.25, 0.3) is 0 Å². The quantitative estimate of drug-likeness (QED) is 0.525. The van der Waals surface area contributed by atoms with Crippen LogP contribution < -0.4 is 5.32 Å². The Hall–Kier alpha value is -0.160. The van der Waals surface area contributed by atoms with Gasteiger partial charge in [-0.15, -0.1) is 0 Å². The van der Waals surface area contributed by atoms with E-state index in [0.29, 0.717) is 25.7 Å². The van der Waals surface area contributed by atoms with Crippen LogP contribution in [0, 0.1) is 5.92 Å². The lowest BCUT2D eigenvalue weighted by Crippen LogP contribution is -2.39. The minimum atomic E-state index is -0.496. The van der Waals surface area contributed by atoms with E-state index in [-0.39, 0.29) is 12.6 Å². The van der Waals surface area contributed by atoms with Gasteiger partial charge in [-0.05, 0) is 12.3 Å². The Morgan fingerprint density at radius 3 is 2.40 bits per heavy atom. The van der Waals surface area contributed by atoms with E-state index in [9.17, 15) is 5.11 Å². The summed E-state index contributed by atoms with van der Waals surface area (Å²) >= 11 is 0. The first-order chi connectivity index (χ1) is 7.10. The van der Waals surface area contributed by atoms with E-state index in [1.165, 1.54) is 0 Å². The fourth-order valence-corrected chi connectivity index (χ4v) is 1.14. The largest absolute Gasteiger partial charge is 0.395 e. The standard InChI is InChI=1S/C11H25NO3/c1-4-10(6-13)12-5-11(14)8-15-7-9(2)3/h9-14H,4-8H2,1-3H3. The lowest BCUT2D eigenvalue weighted by molar-refractivity contribution is 0.0240. The molecule has 0 aromatic carbocycles. The summed E-state index contributed by atoms with van der Waals surface area (Å²) in [6, 6.07) is 0.0738. The molecule has 0 aliphatic rings. The molecule has 4 nitrogen and oxygen atoms in total. The molecular formula is C11H25NO3. The van der Waals surface area contributed by atoms with Gasteiger partial charge in [-0.3, -0.25) is 0 Å². The predicted molar refractivity (Wildman–Crippen MR) is 60.8 cm³/mol. The van der Waals surface area contributed by atoms with Gasteiger partial charge in [0.1, 0.15) is 0 Å². The second kappa shape index (κ2) is 9.09. The summed E-state index contributed by atoms with van der Waals surface area (Å²) in [5.74, 6) is 0.492.